The molecule has 0 unspecified atom stereocenters. The summed E-state index contributed by atoms with van der Waals surface area (Å²) < 4.78 is 4.73. The Morgan fingerprint density at radius 2 is 2.32 bits per heavy atom. The molecule has 0 bridgehead atoms. The molecule has 0 spiro atoms. The average molecular weight is 260 g/mol. The molecule has 0 N–H and O–H groups in total. The van der Waals surface area contributed by atoms with Crippen molar-refractivity contribution in [3.05, 3.63) is 45.5 Å². The fourth-order valence-corrected chi connectivity index (χ4v) is 1.41. The van der Waals surface area contributed by atoms with Crippen LogP contribution >= 0.6 is 0 Å². The van der Waals surface area contributed by atoms with Crippen molar-refractivity contribution in [3.63, 3.8) is 0 Å². The zero-order valence-electron chi connectivity index (χ0n) is 10.3. The molecule has 0 amide bonds. The fraction of sp³-hybridized carbons (Fsp3) is 0.231. The van der Waals surface area contributed by atoms with Gasteiger partial charge < -0.3 is 4.74 Å². The van der Waals surface area contributed by atoms with Crippen molar-refractivity contribution in [2.45, 2.75) is 13.3 Å². The summed E-state index contributed by atoms with van der Waals surface area (Å²) in [5.74, 6) is -0.393. The minimum atomic E-state index is -0.565. The van der Waals surface area contributed by atoms with Crippen LogP contribution in [0.1, 0.15) is 24.5 Å². The molecule has 0 aliphatic rings. The van der Waals surface area contributed by atoms with Gasteiger partial charge in [-0.05, 0) is 19.1 Å². The van der Waals surface area contributed by atoms with E-state index in [4.69, 9.17) is 10.00 Å². The van der Waals surface area contributed by atoms with Crippen LogP contribution in [0, 0.1) is 21.4 Å². The third kappa shape index (κ3) is 4.24. The second-order valence-electron chi connectivity index (χ2n) is 3.55. The highest BCUT2D eigenvalue weighted by atomic mass is 16.6. The van der Waals surface area contributed by atoms with E-state index in [1.54, 1.807) is 6.92 Å². The third-order valence-electron chi connectivity index (χ3n) is 2.24. The van der Waals surface area contributed by atoms with Crippen LogP contribution in [0.25, 0.3) is 6.08 Å². The maximum absolute atomic E-state index is 11.1. The van der Waals surface area contributed by atoms with Crippen molar-refractivity contribution in [1.82, 2.24) is 0 Å². The number of hydrogen-bond donors (Lipinski definition) is 0. The zero-order chi connectivity index (χ0) is 14.3. The van der Waals surface area contributed by atoms with Crippen LogP contribution in [0.5, 0.6) is 0 Å². The zero-order valence-corrected chi connectivity index (χ0v) is 10.3. The lowest BCUT2D eigenvalue weighted by Gasteiger charge is -1.99. The molecule has 0 aliphatic carbocycles. The molecule has 1 rings (SSSR count). The Kier molecular flexibility index (Phi) is 5.23. The standard InChI is InChI=1S/C13H12N2O4/c1-2-19-13(16)5-3-4-11-7-6-10(9-14)8-12(11)15(17)18/h3-4,6-8H,2,5H2,1H3. The first-order chi connectivity index (χ1) is 9.08. The van der Waals surface area contributed by atoms with E-state index in [-0.39, 0.29) is 17.7 Å². The number of nitro benzene ring substituents is 1. The number of nitrogens with zero attached hydrogens (tertiary/aromatic N) is 2. The van der Waals surface area contributed by atoms with E-state index in [2.05, 4.69) is 0 Å². The summed E-state index contributed by atoms with van der Waals surface area (Å²) >= 11 is 0. The highest BCUT2D eigenvalue weighted by Crippen LogP contribution is 2.21. The van der Waals surface area contributed by atoms with Gasteiger partial charge in [-0.3, -0.25) is 14.9 Å². The number of carbonyl (C=O) groups is 1. The van der Waals surface area contributed by atoms with Crippen molar-refractivity contribution < 1.29 is 14.5 Å². The Labute approximate surface area is 110 Å². The van der Waals surface area contributed by atoms with Crippen LogP contribution < -0.4 is 0 Å². The molecule has 0 heterocycles. The Morgan fingerprint density at radius 3 is 2.89 bits per heavy atom. The molecule has 0 aromatic heterocycles. The van der Waals surface area contributed by atoms with Gasteiger partial charge in [0.25, 0.3) is 5.69 Å². The van der Waals surface area contributed by atoms with Gasteiger partial charge in [-0.2, -0.15) is 5.26 Å². The van der Waals surface area contributed by atoms with Crippen molar-refractivity contribution in [2.75, 3.05) is 6.61 Å². The molecule has 0 atom stereocenters. The molecule has 6 nitrogen and oxygen atoms in total. The van der Waals surface area contributed by atoms with E-state index in [0.717, 1.165) is 0 Å². The van der Waals surface area contributed by atoms with E-state index in [1.807, 2.05) is 6.07 Å². The SMILES string of the molecule is CCOC(=O)CC=Cc1ccc(C#N)cc1[N+](=O)[O-]. The first-order valence-electron chi connectivity index (χ1n) is 5.59. The Balaban J connectivity index is 2.89. The number of ether oxygens (including phenoxy) is 1. The first kappa shape index (κ1) is 14.4. The predicted molar refractivity (Wildman–Crippen MR) is 68.1 cm³/mol. The summed E-state index contributed by atoms with van der Waals surface area (Å²) in [7, 11) is 0. The second-order valence-corrected chi connectivity index (χ2v) is 3.55. The number of esters is 1. The van der Waals surface area contributed by atoms with Gasteiger partial charge in [-0.25, -0.2) is 0 Å². The Morgan fingerprint density at radius 1 is 1.58 bits per heavy atom. The first-order valence-corrected chi connectivity index (χ1v) is 5.59. The molecule has 19 heavy (non-hydrogen) atoms. The summed E-state index contributed by atoms with van der Waals surface area (Å²) in [6.07, 6.45) is 3.01. The number of nitriles is 1. The van der Waals surface area contributed by atoms with E-state index in [0.29, 0.717) is 12.2 Å². The molecule has 0 radical (unpaired) electrons. The molecule has 0 saturated carbocycles. The van der Waals surface area contributed by atoms with Crippen LogP contribution in [0.4, 0.5) is 5.69 Å². The lowest BCUT2D eigenvalue weighted by atomic mass is 10.1. The van der Waals surface area contributed by atoms with E-state index >= 15 is 0 Å². The van der Waals surface area contributed by atoms with Gasteiger partial charge in [0.2, 0.25) is 0 Å². The van der Waals surface area contributed by atoms with E-state index in [9.17, 15) is 14.9 Å². The molecule has 1 aromatic carbocycles. The van der Waals surface area contributed by atoms with Gasteiger partial charge in [0.05, 0.1) is 35.1 Å². The van der Waals surface area contributed by atoms with E-state index in [1.165, 1.54) is 30.4 Å². The monoisotopic (exact) mass is 260 g/mol. The number of rotatable bonds is 5. The molecule has 0 fully saturated rings. The number of nitro groups is 1. The lowest BCUT2D eigenvalue weighted by Crippen LogP contribution is -2.01. The van der Waals surface area contributed by atoms with Crippen molar-refractivity contribution in [1.29, 1.82) is 5.26 Å². The van der Waals surface area contributed by atoms with Crippen LogP contribution in [0.2, 0.25) is 0 Å². The van der Waals surface area contributed by atoms with Gasteiger partial charge in [-0.15, -0.1) is 0 Å². The fourth-order valence-electron chi connectivity index (χ4n) is 1.41. The number of carbonyl (C=O) groups excluding carboxylic acids is 1. The summed E-state index contributed by atoms with van der Waals surface area (Å²) in [6, 6.07) is 5.99. The van der Waals surface area contributed by atoms with Gasteiger partial charge in [0.15, 0.2) is 0 Å². The van der Waals surface area contributed by atoms with Crippen molar-refractivity contribution in [2.24, 2.45) is 0 Å². The summed E-state index contributed by atoms with van der Waals surface area (Å²) in [4.78, 5) is 21.4. The number of hydrogen-bond acceptors (Lipinski definition) is 5. The Hall–Kier alpha value is -2.68. The predicted octanol–water partition coefficient (Wildman–Crippen LogP) is 2.43. The highest BCUT2D eigenvalue weighted by Gasteiger charge is 2.12. The molecule has 0 saturated heterocycles. The Bertz CT molecular complexity index is 558. The molecule has 0 aliphatic heterocycles. The van der Waals surface area contributed by atoms with Crippen LogP contribution in [-0.2, 0) is 9.53 Å². The van der Waals surface area contributed by atoms with E-state index < -0.39 is 10.9 Å². The van der Waals surface area contributed by atoms with Crippen LogP contribution in [-0.4, -0.2) is 17.5 Å². The minimum Gasteiger partial charge on any atom is -0.466 e. The maximum Gasteiger partial charge on any atom is 0.309 e. The maximum atomic E-state index is 11.1. The smallest absolute Gasteiger partial charge is 0.309 e. The molecular weight excluding hydrogens is 248 g/mol. The molecule has 98 valence electrons. The van der Waals surface area contributed by atoms with Crippen LogP contribution in [0.3, 0.4) is 0 Å². The van der Waals surface area contributed by atoms with Crippen molar-refractivity contribution in [3.8, 4) is 6.07 Å². The molecule has 6 heteroatoms. The highest BCUT2D eigenvalue weighted by molar-refractivity contribution is 5.73. The summed E-state index contributed by atoms with van der Waals surface area (Å²) in [5.41, 5.74) is 0.390. The quantitative estimate of drug-likeness (QED) is 0.460. The molecule has 1 aromatic rings. The lowest BCUT2D eigenvalue weighted by molar-refractivity contribution is -0.385. The minimum absolute atomic E-state index is 0.0466. The second kappa shape index (κ2) is 6.91. The largest absolute Gasteiger partial charge is 0.466 e. The van der Waals surface area contributed by atoms with Gasteiger partial charge in [0.1, 0.15) is 0 Å². The van der Waals surface area contributed by atoms with Gasteiger partial charge >= 0.3 is 5.97 Å². The van der Waals surface area contributed by atoms with Crippen LogP contribution in [0.15, 0.2) is 24.3 Å². The summed E-state index contributed by atoms with van der Waals surface area (Å²) in [6.45, 7) is 2.00. The summed E-state index contributed by atoms with van der Waals surface area (Å²) in [5, 5.41) is 19.6. The van der Waals surface area contributed by atoms with Gasteiger partial charge in [0, 0.05) is 6.07 Å². The molecular formula is C13H12N2O4. The van der Waals surface area contributed by atoms with Crippen molar-refractivity contribution >= 4 is 17.7 Å². The normalized spacial score (nSPS) is 10.1. The topological polar surface area (TPSA) is 93.2 Å². The third-order valence-corrected chi connectivity index (χ3v) is 2.24. The van der Waals surface area contributed by atoms with Gasteiger partial charge in [-0.1, -0.05) is 12.2 Å². The number of benzene rings is 1. The average Bonchev–Trinajstić information content (AvgIpc) is 2.39.